The maximum absolute atomic E-state index is 11.0. The van der Waals surface area contributed by atoms with Gasteiger partial charge in [0.05, 0.1) is 44.5 Å². The quantitative estimate of drug-likeness (QED) is 0.144. The fraction of sp³-hybridized carbons (Fsp3) is 0. The van der Waals surface area contributed by atoms with Crippen LogP contribution >= 0.6 is 0 Å². The van der Waals surface area contributed by atoms with Crippen LogP contribution in [0.15, 0.2) is 34.4 Å². The van der Waals surface area contributed by atoms with E-state index in [0.29, 0.717) is 24.8 Å². The molecule has 0 aliphatic rings. The number of hydrogen-bond donors (Lipinski definition) is 0. The van der Waals surface area contributed by atoms with Crippen LogP contribution < -0.4 is 10.9 Å². The third-order valence-electron chi connectivity index (χ3n) is 2.72. The van der Waals surface area contributed by atoms with Gasteiger partial charge in [0.2, 0.25) is 0 Å². The van der Waals surface area contributed by atoms with Gasteiger partial charge in [0.25, 0.3) is 0 Å². The zero-order chi connectivity index (χ0) is 21.8. The summed E-state index contributed by atoms with van der Waals surface area (Å²) in [5.74, 6) is 0. The van der Waals surface area contributed by atoms with Gasteiger partial charge in [0.1, 0.15) is 0 Å². The Kier molecular flexibility index (Phi) is 18.6. The molecule has 2 heterocycles. The first-order valence-electron chi connectivity index (χ1n) is 6.32. The molecule has 12 N–H and O–H groups in total. The van der Waals surface area contributed by atoms with Crippen LogP contribution in [0.25, 0.3) is 0 Å². The maximum atomic E-state index is 11.0. The van der Waals surface area contributed by atoms with E-state index in [2.05, 4.69) is 0 Å². The van der Waals surface area contributed by atoms with Crippen molar-refractivity contribution >= 4 is 22.7 Å². The van der Waals surface area contributed by atoms with E-state index >= 15 is 0 Å². The monoisotopic (exact) mass is 590 g/mol. The second-order valence-electron chi connectivity index (χ2n) is 4.46. The molecular formula is C10H16CdN6O16+4. The summed E-state index contributed by atoms with van der Waals surface area (Å²) < 4.78 is -0.310. The van der Waals surface area contributed by atoms with Crippen molar-refractivity contribution in [1.82, 2.24) is 9.46 Å². The van der Waals surface area contributed by atoms with Crippen molar-refractivity contribution in [2.75, 3.05) is 0 Å². The number of pyridine rings is 2. The van der Waals surface area contributed by atoms with Crippen LogP contribution in [0.3, 0.4) is 0 Å². The zero-order valence-corrected chi connectivity index (χ0v) is 19.9. The number of rotatable bonds is 4. The molecule has 0 bridgehead atoms. The van der Waals surface area contributed by atoms with E-state index in [-0.39, 0.29) is 58.7 Å². The molecule has 22 nitrogen and oxygen atoms in total. The summed E-state index contributed by atoms with van der Waals surface area (Å²) in [6.45, 7) is 0. The van der Waals surface area contributed by atoms with Gasteiger partial charge in [-0.2, -0.15) is 0 Å². The predicted molar refractivity (Wildman–Crippen MR) is 105 cm³/mol. The maximum Gasteiger partial charge on any atom is 2.00 e. The average molecular weight is 589 g/mol. The minimum Gasteiger partial charge on any atom is -0.806 e. The Labute approximate surface area is 197 Å². The van der Waals surface area contributed by atoms with Crippen LogP contribution in [0.5, 0.6) is 0 Å². The summed E-state index contributed by atoms with van der Waals surface area (Å²) in [6, 6.07) is 0. The summed E-state index contributed by atoms with van der Waals surface area (Å²) >= 11 is 0. The molecule has 33 heavy (non-hydrogen) atoms. The summed E-state index contributed by atoms with van der Waals surface area (Å²) in [6.07, 6.45) is 1.48. The Morgan fingerprint density at radius 2 is 0.667 bits per heavy atom. The molecule has 23 heteroatoms. The van der Waals surface area contributed by atoms with Crippen molar-refractivity contribution in [1.29, 1.82) is 0 Å². The van der Waals surface area contributed by atoms with Crippen LogP contribution in [0, 0.1) is 50.9 Å². The van der Waals surface area contributed by atoms with Gasteiger partial charge in [-0.05, 0) is 0 Å². The van der Waals surface area contributed by atoms with Gasteiger partial charge in [0, 0.05) is 0 Å². The molecule has 0 atom stereocenters. The third-order valence-corrected chi connectivity index (χ3v) is 2.72. The molecule has 0 fully saturated rings. The molecule has 180 valence electrons. The average Bonchev–Trinajstić information content (AvgIpc) is 2.58. The van der Waals surface area contributed by atoms with Gasteiger partial charge in [-0.25, -0.2) is 0 Å². The van der Waals surface area contributed by atoms with E-state index < -0.39 is 53.3 Å². The van der Waals surface area contributed by atoms with Gasteiger partial charge < -0.3 is 41.8 Å². The number of nitrogens with zero attached hydrogens (tertiary/aromatic N) is 6. The summed E-state index contributed by atoms with van der Waals surface area (Å²) in [5.41, 5.74) is -7.23. The Hall–Kier alpha value is -4.14. The van der Waals surface area contributed by atoms with Crippen LogP contribution in [0.2, 0.25) is 0 Å². The zero-order valence-electron chi connectivity index (χ0n) is 15.9. The van der Waals surface area contributed by atoms with E-state index in [0.717, 1.165) is 0 Å². The molecule has 0 aromatic carbocycles. The van der Waals surface area contributed by atoms with Crippen LogP contribution in [0.4, 0.5) is 22.7 Å². The van der Waals surface area contributed by atoms with E-state index in [1.54, 1.807) is 0 Å². The molecule has 0 saturated carbocycles. The number of nitro groups is 4. The Balaban J connectivity index is -0.000000138. The fourth-order valence-corrected chi connectivity index (χ4v) is 1.57. The Morgan fingerprint density at radius 1 is 0.515 bits per heavy atom. The molecule has 2 aromatic heterocycles. The second-order valence-corrected chi connectivity index (χ2v) is 4.46. The Morgan fingerprint density at radius 3 is 0.788 bits per heavy atom. The molecular weight excluding hydrogens is 573 g/mol. The number of aromatic nitrogens is 2. The van der Waals surface area contributed by atoms with E-state index in [9.17, 15) is 60.5 Å². The van der Waals surface area contributed by atoms with Crippen molar-refractivity contribution in [3.05, 3.63) is 96.1 Å². The SMILES string of the molecule is O=c1c([N+](=O)[O-])cn([O-])cc1[N+](=O)[O-].O=c1c([N+](=O)[O-])cn([O-])cc1[N+](=O)[O-].[Cd+2].[OH3+].[OH3+].[OH3+].[OH3+]. The van der Waals surface area contributed by atoms with E-state index in [1.807, 2.05) is 0 Å². The van der Waals surface area contributed by atoms with Gasteiger partial charge in [0.15, 0.2) is 0 Å². The van der Waals surface area contributed by atoms with Gasteiger partial charge >= 0.3 is 60.9 Å². The summed E-state index contributed by atoms with van der Waals surface area (Å²) in [7, 11) is 0. The van der Waals surface area contributed by atoms with Crippen molar-refractivity contribution in [2.45, 2.75) is 0 Å². The molecule has 0 radical (unpaired) electrons. The molecule has 0 saturated heterocycles. The third kappa shape index (κ3) is 9.69. The van der Waals surface area contributed by atoms with Crippen molar-refractivity contribution in [2.24, 2.45) is 0 Å². The minimum atomic E-state index is -1.38. The van der Waals surface area contributed by atoms with Crippen molar-refractivity contribution in [3.8, 4) is 0 Å². The fourth-order valence-electron chi connectivity index (χ4n) is 1.57. The van der Waals surface area contributed by atoms with E-state index in [1.165, 1.54) is 0 Å². The van der Waals surface area contributed by atoms with Crippen molar-refractivity contribution < 1.29 is 68.9 Å². The molecule has 0 spiro atoms. The van der Waals surface area contributed by atoms with Gasteiger partial charge in [-0.15, -0.1) is 0 Å². The number of hydrogen-bond acceptors (Lipinski definition) is 12. The largest absolute Gasteiger partial charge is 2.00 e. The normalized spacial score (nSPS) is 8.24. The first kappa shape index (κ1) is 39.3. The minimum absolute atomic E-state index is 0. The first-order chi connectivity index (χ1) is 12.9. The molecule has 2 aromatic rings. The van der Waals surface area contributed by atoms with E-state index in [4.69, 9.17) is 0 Å². The molecule has 0 unspecified atom stereocenters. The molecule has 2 rings (SSSR count). The summed E-state index contributed by atoms with van der Waals surface area (Å²) in [5, 5.41) is 62.0. The topological polar surface area (TPSA) is 395 Å². The Bertz CT molecular complexity index is 948. The van der Waals surface area contributed by atoms with Crippen molar-refractivity contribution in [3.63, 3.8) is 0 Å². The standard InChI is InChI=1S/2C5H2N3O6.Cd.4H2O/c2*9-5-3(7(11)12)1-6(10)2-4(5)8(13)14;;;;;/h2*1-2H;;4*1H2/q2*-1;+2;;;;/p+4. The second kappa shape index (κ2) is 15.6. The molecule has 0 aliphatic carbocycles. The van der Waals surface area contributed by atoms with Gasteiger partial charge in [-0.1, -0.05) is 0 Å². The summed E-state index contributed by atoms with van der Waals surface area (Å²) in [4.78, 5) is 58.1. The smallest absolute Gasteiger partial charge is 0.806 e. The van der Waals surface area contributed by atoms with Crippen LogP contribution in [-0.4, -0.2) is 29.2 Å². The van der Waals surface area contributed by atoms with Gasteiger partial charge in [-0.3, -0.25) is 50.0 Å². The van der Waals surface area contributed by atoms with Crippen LogP contribution in [0.1, 0.15) is 0 Å². The molecule has 0 aliphatic heterocycles. The predicted octanol–water partition coefficient (Wildman–Crippen LogP) is -3.67. The molecule has 0 amide bonds. The van der Waals surface area contributed by atoms with Crippen LogP contribution in [-0.2, 0) is 49.2 Å². The first-order valence-corrected chi connectivity index (χ1v) is 6.32.